The number of nitrogens with one attached hydrogen (secondary N) is 1. The molecule has 0 saturated carbocycles. The average molecular weight is 361 g/mol. The molecule has 0 bridgehead atoms. The minimum atomic E-state index is 0.357. The van der Waals surface area contributed by atoms with Crippen LogP contribution in [0.3, 0.4) is 0 Å². The Morgan fingerprint density at radius 1 is 1.10 bits per heavy atom. The Morgan fingerprint density at radius 2 is 1.75 bits per heavy atom. The molecule has 0 fully saturated rings. The molecule has 0 saturated heterocycles. The van der Waals surface area contributed by atoms with Gasteiger partial charge in [0.25, 0.3) is 0 Å². The Labute approximate surface area is 137 Å². The van der Waals surface area contributed by atoms with Crippen LogP contribution >= 0.6 is 27.5 Å². The third kappa shape index (κ3) is 6.15. The third-order valence-electron chi connectivity index (χ3n) is 3.80. The molecule has 0 amide bonds. The fraction of sp³-hybridized carbons (Fsp3) is 0.647. The van der Waals surface area contributed by atoms with E-state index in [0.29, 0.717) is 6.04 Å². The fourth-order valence-electron chi connectivity index (χ4n) is 2.55. The van der Waals surface area contributed by atoms with Gasteiger partial charge in [0, 0.05) is 10.5 Å². The minimum Gasteiger partial charge on any atom is -0.313 e. The van der Waals surface area contributed by atoms with Gasteiger partial charge in [0.2, 0.25) is 0 Å². The second-order valence-corrected chi connectivity index (χ2v) is 6.63. The van der Waals surface area contributed by atoms with Crippen LogP contribution in [-0.4, -0.2) is 7.05 Å². The zero-order valence-electron chi connectivity index (χ0n) is 12.7. The molecule has 0 aromatic heterocycles. The highest BCUT2D eigenvalue weighted by atomic mass is 79.9. The van der Waals surface area contributed by atoms with Gasteiger partial charge in [-0.2, -0.15) is 0 Å². The molecular formula is C17H27BrClN. The largest absolute Gasteiger partial charge is 0.313 e. The number of unbranched alkanes of at least 4 members (excludes halogenated alkanes) is 6. The van der Waals surface area contributed by atoms with Gasteiger partial charge >= 0.3 is 0 Å². The molecule has 114 valence electrons. The summed E-state index contributed by atoms with van der Waals surface area (Å²) in [7, 11) is 2.02. The molecule has 1 N–H and O–H groups in total. The normalized spacial score (nSPS) is 12.6. The van der Waals surface area contributed by atoms with Crippen molar-refractivity contribution in [3.8, 4) is 0 Å². The molecule has 3 heteroatoms. The summed E-state index contributed by atoms with van der Waals surface area (Å²) in [6.45, 7) is 2.26. The van der Waals surface area contributed by atoms with Crippen molar-refractivity contribution in [3.05, 3.63) is 33.3 Å². The molecule has 0 aliphatic carbocycles. The maximum Gasteiger partial charge on any atom is 0.0595 e. The van der Waals surface area contributed by atoms with Crippen molar-refractivity contribution in [2.24, 2.45) is 0 Å². The number of hydrogen-bond donors (Lipinski definition) is 1. The Balaban J connectivity index is 2.34. The van der Waals surface area contributed by atoms with Crippen molar-refractivity contribution < 1.29 is 0 Å². The Hall–Kier alpha value is -0.0500. The maximum atomic E-state index is 6.38. The summed E-state index contributed by atoms with van der Waals surface area (Å²) in [6.07, 6.45) is 10.6. The molecule has 1 nitrogen and oxygen atoms in total. The van der Waals surface area contributed by atoms with E-state index in [-0.39, 0.29) is 0 Å². The Morgan fingerprint density at radius 3 is 2.40 bits per heavy atom. The molecule has 1 unspecified atom stereocenters. The summed E-state index contributed by atoms with van der Waals surface area (Å²) < 4.78 is 0.983. The van der Waals surface area contributed by atoms with Crippen LogP contribution in [0.15, 0.2) is 22.7 Å². The summed E-state index contributed by atoms with van der Waals surface area (Å²) in [5, 5.41) is 4.23. The molecule has 1 atom stereocenters. The van der Waals surface area contributed by atoms with Crippen molar-refractivity contribution in [2.45, 2.75) is 64.3 Å². The molecule has 1 aromatic rings. The van der Waals surface area contributed by atoms with Gasteiger partial charge in [-0.1, -0.05) is 75.6 Å². The fourth-order valence-corrected chi connectivity index (χ4v) is 3.19. The lowest BCUT2D eigenvalue weighted by Crippen LogP contribution is -2.16. The van der Waals surface area contributed by atoms with E-state index in [0.717, 1.165) is 15.9 Å². The highest BCUT2D eigenvalue weighted by molar-refractivity contribution is 9.10. The van der Waals surface area contributed by atoms with Gasteiger partial charge in [0.1, 0.15) is 0 Å². The summed E-state index contributed by atoms with van der Waals surface area (Å²) >= 11 is 9.88. The van der Waals surface area contributed by atoms with Crippen molar-refractivity contribution in [1.82, 2.24) is 5.32 Å². The first kappa shape index (κ1) is 18.0. The highest BCUT2D eigenvalue weighted by Gasteiger charge is 2.13. The second kappa shape index (κ2) is 10.6. The molecule has 0 spiro atoms. The van der Waals surface area contributed by atoms with Crippen LogP contribution in [-0.2, 0) is 0 Å². The number of hydrogen-bond acceptors (Lipinski definition) is 1. The van der Waals surface area contributed by atoms with E-state index < -0.39 is 0 Å². The molecule has 20 heavy (non-hydrogen) atoms. The first-order chi connectivity index (χ1) is 9.70. The summed E-state index contributed by atoms with van der Waals surface area (Å²) in [5.74, 6) is 0. The van der Waals surface area contributed by atoms with E-state index in [9.17, 15) is 0 Å². The van der Waals surface area contributed by atoms with Gasteiger partial charge < -0.3 is 5.32 Å². The number of rotatable bonds is 10. The van der Waals surface area contributed by atoms with Crippen LogP contribution in [0.25, 0.3) is 0 Å². The van der Waals surface area contributed by atoms with E-state index in [2.05, 4.69) is 40.3 Å². The van der Waals surface area contributed by atoms with Crippen LogP contribution in [0.5, 0.6) is 0 Å². The molecule has 0 radical (unpaired) electrons. The van der Waals surface area contributed by atoms with Gasteiger partial charge in [-0.15, -0.1) is 0 Å². The molecule has 1 rings (SSSR count). The van der Waals surface area contributed by atoms with E-state index >= 15 is 0 Å². The first-order valence-electron chi connectivity index (χ1n) is 7.81. The highest BCUT2D eigenvalue weighted by Crippen LogP contribution is 2.32. The van der Waals surface area contributed by atoms with Gasteiger partial charge in [0.05, 0.1) is 5.02 Å². The maximum absolute atomic E-state index is 6.38. The minimum absolute atomic E-state index is 0.357. The molecule has 0 heterocycles. The first-order valence-corrected chi connectivity index (χ1v) is 8.99. The zero-order valence-corrected chi connectivity index (χ0v) is 15.1. The molecule has 0 aliphatic rings. The zero-order chi connectivity index (χ0) is 14.8. The molecular weight excluding hydrogens is 334 g/mol. The van der Waals surface area contributed by atoms with Gasteiger partial charge in [-0.05, 0) is 41.0 Å². The summed E-state index contributed by atoms with van der Waals surface area (Å²) in [6, 6.07) is 6.53. The van der Waals surface area contributed by atoms with Crippen LogP contribution in [0.2, 0.25) is 5.02 Å². The van der Waals surface area contributed by atoms with Crippen molar-refractivity contribution >= 4 is 27.5 Å². The quantitative estimate of drug-likeness (QED) is 0.469. The number of halogens is 2. The summed E-state index contributed by atoms with van der Waals surface area (Å²) in [4.78, 5) is 0. The van der Waals surface area contributed by atoms with E-state index in [1.165, 1.54) is 50.5 Å². The van der Waals surface area contributed by atoms with Crippen LogP contribution in [0.1, 0.15) is 69.9 Å². The second-order valence-electron chi connectivity index (χ2n) is 5.39. The SMILES string of the molecule is CCCCCCCCCC(NC)c1cccc(Br)c1Cl. The van der Waals surface area contributed by atoms with Crippen LogP contribution < -0.4 is 5.32 Å². The lowest BCUT2D eigenvalue weighted by molar-refractivity contribution is 0.496. The lowest BCUT2D eigenvalue weighted by Gasteiger charge is -2.18. The van der Waals surface area contributed by atoms with E-state index in [1.807, 2.05) is 13.1 Å². The molecule has 0 aliphatic heterocycles. The summed E-state index contributed by atoms with van der Waals surface area (Å²) in [5.41, 5.74) is 1.20. The van der Waals surface area contributed by atoms with Crippen LogP contribution in [0.4, 0.5) is 0 Å². The van der Waals surface area contributed by atoms with Crippen molar-refractivity contribution in [1.29, 1.82) is 0 Å². The smallest absolute Gasteiger partial charge is 0.0595 e. The predicted octanol–water partition coefficient (Wildman–Crippen LogP) is 6.50. The monoisotopic (exact) mass is 359 g/mol. The Bertz CT molecular complexity index is 381. The van der Waals surface area contributed by atoms with Crippen molar-refractivity contribution in [2.75, 3.05) is 7.05 Å². The van der Waals surface area contributed by atoms with Gasteiger partial charge in [-0.3, -0.25) is 0 Å². The Kier molecular flexibility index (Phi) is 9.58. The predicted molar refractivity (Wildman–Crippen MR) is 93.6 cm³/mol. The molecule has 1 aromatic carbocycles. The third-order valence-corrected chi connectivity index (χ3v) is 5.11. The average Bonchev–Trinajstić information content (AvgIpc) is 2.46. The van der Waals surface area contributed by atoms with E-state index in [1.54, 1.807) is 0 Å². The van der Waals surface area contributed by atoms with Gasteiger partial charge in [-0.25, -0.2) is 0 Å². The lowest BCUT2D eigenvalue weighted by atomic mass is 9.99. The van der Waals surface area contributed by atoms with Gasteiger partial charge in [0.15, 0.2) is 0 Å². The standard InChI is InChI=1S/C17H27BrClN/c1-3-4-5-6-7-8-9-13-16(20-2)14-11-10-12-15(18)17(14)19/h10-12,16,20H,3-9,13H2,1-2H3. The number of benzene rings is 1. The van der Waals surface area contributed by atoms with Crippen LogP contribution in [0, 0.1) is 0 Å². The van der Waals surface area contributed by atoms with E-state index in [4.69, 9.17) is 11.6 Å². The topological polar surface area (TPSA) is 12.0 Å². The van der Waals surface area contributed by atoms with Crippen molar-refractivity contribution in [3.63, 3.8) is 0 Å².